The highest BCUT2D eigenvalue weighted by atomic mass is 16.6. The third kappa shape index (κ3) is 51.3. The Morgan fingerprint density at radius 2 is 0.591 bits per heavy atom. The fraction of sp³-hybridized carbons (Fsp3) is 0.683. The first-order valence-electron chi connectivity index (χ1n) is 27.2. The van der Waals surface area contributed by atoms with Crippen LogP contribution < -0.4 is 0 Å². The van der Waals surface area contributed by atoms with Gasteiger partial charge in [0.1, 0.15) is 13.2 Å². The van der Waals surface area contributed by atoms with E-state index >= 15 is 0 Å². The lowest BCUT2D eigenvalue weighted by molar-refractivity contribution is -0.167. The Bertz CT molecular complexity index is 1330. The molecule has 0 aromatic carbocycles. The van der Waals surface area contributed by atoms with Crippen LogP contribution in [0.4, 0.5) is 0 Å². The molecule has 0 spiro atoms. The van der Waals surface area contributed by atoms with Gasteiger partial charge in [-0.1, -0.05) is 227 Å². The maximum absolute atomic E-state index is 12.8. The Morgan fingerprint density at radius 3 is 0.924 bits per heavy atom. The summed E-state index contributed by atoms with van der Waals surface area (Å²) in [5.74, 6) is -0.959. The van der Waals surface area contributed by atoms with E-state index in [0.29, 0.717) is 19.3 Å². The average molecular weight is 917 g/mol. The van der Waals surface area contributed by atoms with Gasteiger partial charge in [0.05, 0.1) is 0 Å². The van der Waals surface area contributed by atoms with E-state index in [0.717, 1.165) is 122 Å². The van der Waals surface area contributed by atoms with Gasteiger partial charge in [-0.25, -0.2) is 0 Å². The van der Waals surface area contributed by atoms with Crippen LogP contribution in [0.3, 0.4) is 0 Å². The number of ether oxygens (including phenoxy) is 3. The molecule has 0 N–H and O–H groups in total. The van der Waals surface area contributed by atoms with Crippen LogP contribution in [0.2, 0.25) is 0 Å². The SMILES string of the molecule is CC/C=C\C/C=C\C/C=C\C/C=C\C/C=C\CCCCCC(=O)OCC(COC(=O)CCCCC/C=C\C/C=C\C/C=C\CC)OC(=O)CCCCCCCCCCCCCCCCCC. The van der Waals surface area contributed by atoms with Crippen molar-refractivity contribution in [3.05, 3.63) is 97.2 Å². The minimum atomic E-state index is -0.802. The van der Waals surface area contributed by atoms with Crippen LogP contribution in [0.1, 0.15) is 245 Å². The van der Waals surface area contributed by atoms with Crippen LogP contribution in [-0.4, -0.2) is 37.2 Å². The zero-order valence-corrected chi connectivity index (χ0v) is 42.9. The molecule has 0 rings (SSSR count). The molecule has 66 heavy (non-hydrogen) atoms. The van der Waals surface area contributed by atoms with Crippen molar-refractivity contribution in [1.29, 1.82) is 0 Å². The molecular formula is C60H100O6. The fourth-order valence-electron chi connectivity index (χ4n) is 7.31. The van der Waals surface area contributed by atoms with Crippen molar-refractivity contribution < 1.29 is 28.6 Å². The number of carbonyl (C=O) groups is 3. The van der Waals surface area contributed by atoms with E-state index in [-0.39, 0.29) is 31.1 Å². The van der Waals surface area contributed by atoms with Crippen molar-refractivity contribution in [1.82, 2.24) is 0 Å². The summed E-state index contributed by atoms with van der Waals surface area (Å²) in [6, 6.07) is 0. The molecule has 0 aliphatic heterocycles. The summed E-state index contributed by atoms with van der Waals surface area (Å²) >= 11 is 0. The van der Waals surface area contributed by atoms with Gasteiger partial charge in [0, 0.05) is 19.3 Å². The summed E-state index contributed by atoms with van der Waals surface area (Å²) in [5.41, 5.74) is 0. The van der Waals surface area contributed by atoms with Crippen molar-refractivity contribution in [2.45, 2.75) is 252 Å². The molecule has 0 bridgehead atoms. The van der Waals surface area contributed by atoms with Gasteiger partial charge in [0.2, 0.25) is 0 Å². The van der Waals surface area contributed by atoms with E-state index in [1.165, 1.54) is 83.5 Å². The van der Waals surface area contributed by atoms with Gasteiger partial charge in [-0.05, 0) is 96.3 Å². The quantitative estimate of drug-likeness (QED) is 0.0262. The lowest BCUT2D eigenvalue weighted by Gasteiger charge is -2.18. The van der Waals surface area contributed by atoms with E-state index in [9.17, 15) is 14.4 Å². The molecule has 0 saturated heterocycles. The van der Waals surface area contributed by atoms with Crippen molar-refractivity contribution in [3.63, 3.8) is 0 Å². The predicted molar refractivity (Wildman–Crippen MR) is 284 cm³/mol. The topological polar surface area (TPSA) is 78.9 Å². The summed E-state index contributed by atoms with van der Waals surface area (Å²) in [4.78, 5) is 38.1. The molecule has 0 aromatic heterocycles. The highest BCUT2D eigenvalue weighted by molar-refractivity contribution is 5.71. The Labute approximate surface area is 407 Å². The van der Waals surface area contributed by atoms with Gasteiger partial charge in [0.25, 0.3) is 0 Å². The first-order chi connectivity index (χ1) is 32.5. The van der Waals surface area contributed by atoms with Gasteiger partial charge < -0.3 is 14.2 Å². The minimum absolute atomic E-state index is 0.103. The number of unbranched alkanes of at least 4 members (excludes halogenated alkanes) is 21. The molecule has 376 valence electrons. The molecule has 1 atom stereocenters. The van der Waals surface area contributed by atoms with Crippen LogP contribution in [0.25, 0.3) is 0 Å². The zero-order chi connectivity index (χ0) is 47.9. The molecule has 0 aromatic rings. The summed E-state index contributed by atoms with van der Waals surface area (Å²) in [6.07, 6.45) is 71.1. The van der Waals surface area contributed by atoms with Gasteiger partial charge in [-0.3, -0.25) is 14.4 Å². The van der Waals surface area contributed by atoms with Crippen molar-refractivity contribution >= 4 is 17.9 Å². The van der Waals surface area contributed by atoms with Crippen LogP contribution in [0.15, 0.2) is 97.2 Å². The molecule has 6 heteroatoms. The van der Waals surface area contributed by atoms with Crippen LogP contribution in [-0.2, 0) is 28.6 Å². The largest absolute Gasteiger partial charge is 0.462 e. The molecule has 1 unspecified atom stereocenters. The summed E-state index contributed by atoms with van der Waals surface area (Å²) in [5, 5.41) is 0. The molecule has 0 aliphatic rings. The summed E-state index contributed by atoms with van der Waals surface area (Å²) < 4.78 is 16.8. The predicted octanol–water partition coefficient (Wildman–Crippen LogP) is 18.1. The average Bonchev–Trinajstić information content (AvgIpc) is 3.31. The lowest BCUT2D eigenvalue weighted by Crippen LogP contribution is -2.30. The highest BCUT2D eigenvalue weighted by Gasteiger charge is 2.19. The smallest absolute Gasteiger partial charge is 0.306 e. The number of carbonyl (C=O) groups excluding carboxylic acids is 3. The van der Waals surface area contributed by atoms with Crippen LogP contribution in [0, 0.1) is 0 Å². The maximum Gasteiger partial charge on any atom is 0.306 e. The molecule has 0 fully saturated rings. The minimum Gasteiger partial charge on any atom is -0.462 e. The number of hydrogen-bond acceptors (Lipinski definition) is 6. The normalized spacial score (nSPS) is 12.8. The maximum atomic E-state index is 12.8. The van der Waals surface area contributed by atoms with Gasteiger partial charge in [-0.15, -0.1) is 0 Å². The zero-order valence-electron chi connectivity index (χ0n) is 42.9. The standard InChI is InChI=1S/C60H100O6/c1-4-7-10-13-16-19-22-25-27-29-30-31-33-35-38-41-44-47-50-53-59(62)65-56-57(55-64-58(61)52-49-46-43-40-37-34-24-21-18-15-12-9-6-3)66-60(63)54-51-48-45-42-39-36-32-28-26-23-20-17-14-11-8-5-2/h7,9-10,12,16,18-19,21,25,27,30-31,34-35,37-38,57H,4-6,8,11,13-15,17,20,22-24,26,28-29,32-33,36,39-56H2,1-3H3/b10-7-,12-9-,19-16-,21-18-,27-25-,31-30-,37-34-,38-35-. The molecule has 0 radical (unpaired) electrons. The van der Waals surface area contributed by atoms with Crippen molar-refractivity contribution in [2.24, 2.45) is 0 Å². The molecule has 0 aliphatic carbocycles. The van der Waals surface area contributed by atoms with Crippen LogP contribution in [0.5, 0.6) is 0 Å². The summed E-state index contributed by atoms with van der Waals surface area (Å²) in [6.45, 7) is 6.36. The second kappa shape index (κ2) is 53.9. The van der Waals surface area contributed by atoms with E-state index < -0.39 is 6.10 Å². The lowest BCUT2D eigenvalue weighted by atomic mass is 10.0. The van der Waals surface area contributed by atoms with Crippen LogP contribution >= 0.6 is 0 Å². The first-order valence-corrected chi connectivity index (χ1v) is 27.2. The third-order valence-corrected chi connectivity index (χ3v) is 11.3. The van der Waals surface area contributed by atoms with Crippen molar-refractivity contribution in [2.75, 3.05) is 13.2 Å². The molecule has 0 saturated carbocycles. The van der Waals surface area contributed by atoms with E-state index in [1.807, 2.05) is 0 Å². The van der Waals surface area contributed by atoms with Gasteiger partial charge >= 0.3 is 17.9 Å². The Balaban J connectivity index is 4.46. The third-order valence-electron chi connectivity index (χ3n) is 11.3. The molecule has 0 amide bonds. The second-order valence-corrected chi connectivity index (χ2v) is 17.7. The second-order valence-electron chi connectivity index (χ2n) is 17.7. The fourth-order valence-corrected chi connectivity index (χ4v) is 7.31. The monoisotopic (exact) mass is 917 g/mol. The van der Waals surface area contributed by atoms with Gasteiger partial charge in [-0.2, -0.15) is 0 Å². The number of esters is 3. The molecule has 6 nitrogen and oxygen atoms in total. The Hall–Kier alpha value is -3.67. The van der Waals surface area contributed by atoms with Gasteiger partial charge in [0.15, 0.2) is 6.10 Å². The number of allylic oxidation sites excluding steroid dienone is 16. The Kier molecular flexibility index (Phi) is 50.9. The number of hydrogen-bond donors (Lipinski definition) is 0. The summed E-state index contributed by atoms with van der Waals surface area (Å²) in [7, 11) is 0. The van der Waals surface area contributed by atoms with E-state index in [4.69, 9.17) is 14.2 Å². The van der Waals surface area contributed by atoms with Crippen molar-refractivity contribution in [3.8, 4) is 0 Å². The molecular weight excluding hydrogens is 817 g/mol. The highest BCUT2D eigenvalue weighted by Crippen LogP contribution is 2.15. The molecule has 0 heterocycles. The van der Waals surface area contributed by atoms with E-state index in [2.05, 4.69) is 118 Å². The van der Waals surface area contributed by atoms with E-state index in [1.54, 1.807) is 0 Å². The number of rotatable bonds is 48. The first kappa shape index (κ1) is 62.3. The Morgan fingerprint density at radius 1 is 0.318 bits per heavy atom.